The number of nitrogens with two attached hydrogens (primary N) is 1. The van der Waals surface area contributed by atoms with Crippen molar-refractivity contribution in [2.24, 2.45) is 10.8 Å². The zero-order valence-corrected chi connectivity index (χ0v) is 8.54. The molecule has 0 aliphatic heterocycles. The lowest BCUT2D eigenvalue weighted by atomic mass is 10.1. The zero-order chi connectivity index (χ0) is 10.4. The zero-order valence-electron chi connectivity index (χ0n) is 8.54. The minimum absolute atomic E-state index is 0.588. The van der Waals surface area contributed by atoms with Crippen molar-refractivity contribution >= 4 is 5.96 Å². The molecule has 4 N–H and O–H groups in total. The van der Waals surface area contributed by atoms with Crippen LogP contribution in [-0.2, 0) is 6.54 Å². The van der Waals surface area contributed by atoms with E-state index in [0.717, 1.165) is 6.54 Å². The van der Waals surface area contributed by atoms with Gasteiger partial charge < -0.3 is 5.32 Å². The van der Waals surface area contributed by atoms with E-state index in [9.17, 15) is 0 Å². The summed E-state index contributed by atoms with van der Waals surface area (Å²) in [5.41, 5.74) is 4.93. The van der Waals surface area contributed by atoms with Gasteiger partial charge in [-0.1, -0.05) is 29.8 Å². The van der Waals surface area contributed by atoms with Gasteiger partial charge in [-0.2, -0.15) is 0 Å². The number of hydrazine groups is 1. The Balaban J connectivity index is 2.49. The molecule has 1 rings (SSSR count). The molecule has 0 aliphatic carbocycles. The van der Waals surface area contributed by atoms with Gasteiger partial charge in [0.05, 0.1) is 0 Å². The van der Waals surface area contributed by atoms with E-state index in [1.165, 1.54) is 11.1 Å². The summed E-state index contributed by atoms with van der Waals surface area (Å²) in [4.78, 5) is 3.91. The molecule has 76 valence electrons. The van der Waals surface area contributed by atoms with Crippen LogP contribution in [0.3, 0.4) is 0 Å². The van der Waals surface area contributed by atoms with Crippen LogP contribution in [0.1, 0.15) is 11.1 Å². The standard InChI is InChI=1S/C10H16N4/c1-8-3-5-9(6-4-8)7-13-10(12-2)14-11/h3-6H,7,11H2,1-2H3,(H2,12,13,14). The summed E-state index contributed by atoms with van der Waals surface area (Å²) in [5.74, 6) is 5.82. The van der Waals surface area contributed by atoms with Crippen molar-refractivity contribution < 1.29 is 0 Å². The highest BCUT2D eigenvalue weighted by molar-refractivity contribution is 5.78. The number of hydrogen-bond donors (Lipinski definition) is 3. The first kappa shape index (κ1) is 10.5. The van der Waals surface area contributed by atoms with E-state index in [2.05, 4.69) is 46.9 Å². The number of guanidine groups is 1. The summed E-state index contributed by atoms with van der Waals surface area (Å²) in [6.45, 7) is 2.79. The highest BCUT2D eigenvalue weighted by Crippen LogP contribution is 2.01. The van der Waals surface area contributed by atoms with E-state index in [0.29, 0.717) is 5.96 Å². The van der Waals surface area contributed by atoms with Crippen LogP contribution in [0.4, 0.5) is 0 Å². The van der Waals surface area contributed by atoms with Crippen LogP contribution in [0.2, 0.25) is 0 Å². The molecule has 0 spiro atoms. The first-order chi connectivity index (χ1) is 6.76. The maximum absolute atomic E-state index is 5.23. The van der Waals surface area contributed by atoms with E-state index in [4.69, 9.17) is 5.84 Å². The Labute approximate surface area is 84.2 Å². The van der Waals surface area contributed by atoms with Crippen LogP contribution >= 0.6 is 0 Å². The van der Waals surface area contributed by atoms with Gasteiger partial charge >= 0.3 is 0 Å². The molecular formula is C10H16N4. The third-order valence-electron chi connectivity index (χ3n) is 1.94. The second-order valence-electron chi connectivity index (χ2n) is 3.06. The monoisotopic (exact) mass is 192 g/mol. The molecule has 0 saturated heterocycles. The molecule has 0 unspecified atom stereocenters. The van der Waals surface area contributed by atoms with Gasteiger partial charge in [0, 0.05) is 13.6 Å². The third kappa shape index (κ3) is 3.06. The maximum atomic E-state index is 5.23. The molecule has 0 heterocycles. The lowest BCUT2D eigenvalue weighted by Gasteiger charge is -2.07. The maximum Gasteiger partial charge on any atom is 0.205 e. The number of rotatable bonds is 2. The van der Waals surface area contributed by atoms with Crippen molar-refractivity contribution in [3.05, 3.63) is 35.4 Å². The second kappa shape index (κ2) is 5.24. The minimum Gasteiger partial charge on any atom is -0.351 e. The van der Waals surface area contributed by atoms with Crippen molar-refractivity contribution in [3.8, 4) is 0 Å². The van der Waals surface area contributed by atoms with Crippen LogP contribution in [-0.4, -0.2) is 13.0 Å². The molecule has 0 saturated carbocycles. The summed E-state index contributed by atoms with van der Waals surface area (Å²) in [7, 11) is 1.68. The molecule has 1 aromatic rings. The van der Waals surface area contributed by atoms with E-state index in [1.54, 1.807) is 7.05 Å². The number of aryl methyl sites for hydroxylation is 1. The van der Waals surface area contributed by atoms with Crippen molar-refractivity contribution in [2.45, 2.75) is 13.5 Å². The molecule has 14 heavy (non-hydrogen) atoms. The SMILES string of the molecule is CN=C(NN)NCc1ccc(C)cc1. The number of aliphatic imine (C=N–C) groups is 1. The highest BCUT2D eigenvalue weighted by Gasteiger charge is 1.94. The Morgan fingerprint density at radius 1 is 1.36 bits per heavy atom. The van der Waals surface area contributed by atoms with Crippen molar-refractivity contribution in [1.82, 2.24) is 10.7 Å². The van der Waals surface area contributed by atoms with Gasteiger partial charge in [0.15, 0.2) is 0 Å². The summed E-state index contributed by atoms with van der Waals surface area (Å²) in [5, 5.41) is 3.07. The van der Waals surface area contributed by atoms with Crippen molar-refractivity contribution in [3.63, 3.8) is 0 Å². The second-order valence-corrected chi connectivity index (χ2v) is 3.06. The topological polar surface area (TPSA) is 62.4 Å². The van der Waals surface area contributed by atoms with Crippen LogP contribution in [0.5, 0.6) is 0 Å². The molecule has 0 bridgehead atoms. The van der Waals surface area contributed by atoms with Gasteiger partial charge in [0.2, 0.25) is 5.96 Å². The summed E-state index contributed by atoms with van der Waals surface area (Å²) in [6, 6.07) is 8.31. The van der Waals surface area contributed by atoms with Crippen LogP contribution < -0.4 is 16.6 Å². The predicted molar refractivity (Wildman–Crippen MR) is 58.7 cm³/mol. The number of benzene rings is 1. The van der Waals surface area contributed by atoms with Crippen molar-refractivity contribution in [1.29, 1.82) is 0 Å². The quantitative estimate of drug-likeness (QED) is 0.277. The van der Waals surface area contributed by atoms with Gasteiger partial charge in [-0.15, -0.1) is 0 Å². The molecule has 1 aromatic carbocycles. The Kier molecular flexibility index (Phi) is 3.94. The summed E-state index contributed by atoms with van der Waals surface area (Å²) < 4.78 is 0. The first-order valence-corrected chi connectivity index (χ1v) is 4.49. The number of nitrogens with zero attached hydrogens (tertiary/aromatic N) is 1. The molecule has 0 fully saturated rings. The largest absolute Gasteiger partial charge is 0.351 e. The van der Waals surface area contributed by atoms with Crippen molar-refractivity contribution in [2.75, 3.05) is 7.05 Å². The molecule has 0 atom stereocenters. The van der Waals surface area contributed by atoms with Gasteiger partial charge in [0.1, 0.15) is 0 Å². The Hall–Kier alpha value is -1.55. The fourth-order valence-corrected chi connectivity index (χ4v) is 1.09. The fourth-order valence-electron chi connectivity index (χ4n) is 1.09. The van der Waals surface area contributed by atoms with Gasteiger partial charge in [-0.05, 0) is 12.5 Å². The lowest BCUT2D eigenvalue weighted by molar-refractivity contribution is 0.840. The lowest BCUT2D eigenvalue weighted by Crippen LogP contribution is -2.40. The smallest absolute Gasteiger partial charge is 0.205 e. The number of hydrogen-bond acceptors (Lipinski definition) is 2. The Morgan fingerprint density at radius 3 is 2.50 bits per heavy atom. The predicted octanol–water partition coefficient (Wildman–Crippen LogP) is 0.534. The highest BCUT2D eigenvalue weighted by atomic mass is 15.3. The van der Waals surface area contributed by atoms with E-state index in [1.807, 2.05) is 0 Å². The molecule has 4 nitrogen and oxygen atoms in total. The molecule has 4 heteroatoms. The minimum atomic E-state index is 0.588. The van der Waals surface area contributed by atoms with Crippen LogP contribution in [0.25, 0.3) is 0 Å². The third-order valence-corrected chi connectivity index (χ3v) is 1.94. The Morgan fingerprint density at radius 2 is 2.00 bits per heavy atom. The molecular weight excluding hydrogens is 176 g/mol. The van der Waals surface area contributed by atoms with Crippen LogP contribution in [0, 0.1) is 6.92 Å². The van der Waals surface area contributed by atoms with Gasteiger partial charge in [0.25, 0.3) is 0 Å². The number of nitrogens with one attached hydrogen (secondary N) is 2. The molecule has 0 amide bonds. The first-order valence-electron chi connectivity index (χ1n) is 4.49. The average Bonchev–Trinajstić information content (AvgIpc) is 2.22. The molecule has 0 radical (unpaired) electrons. The summed E-state index contributed by atoms with van der Waals surface area (Å²) >= 11 is 0. The van der Waals surface area contributed by atoms with Gasteiger partial charge in [-0.3, -0.25) is 10.4 Å². The summed E-state index contributed by atoms with van der Waals surface area (Å²) in [6.07, 6.45) is 0. The normalized spacial score (nSPS) is 11.2. The Bertz CT molecular complexity index is 302. The molecule has 0 aromatic heterocycles. The van der Waals surface area contributed by atoms with E-state index < -0.39 is 0 Å². The van der Waals surface area contributed by atoms with Gasteiger partial charge in [-0.25, -0.2) is 5.84 Å². The molecule has 0 aliphatic rings. The van der Waals surface area contributed by atoms with E-state index >= 15 is 0 Å². The fraction of sp³-hybridized carbons (Fsp3) is 0.300. The van der Waals surface area contributed by atoms with E-state index in [-0.39, 0.29) is 0 Å². The van der Waals surface area contributed by atoms with Crippen LogP contribution in [0.15, 0.2) is 29.3 Å². The average molecular weight is 192 g/mol.